The second-order valence-corrected chi connectivity index (χ2v) is 5.09. The Morgan fingerprint density at radius 3 is 2.26 bits per heavy atom. The number of nitrogens with two attached hydrogens (primary N) is 2. The van der Waals surface area contributed by atoms with E-state index in [1.54, 1.807) is 20.8 Å². The summed E-state index contributed by atoms with van der Waals surface area (Å²) in [5.74, 6) is -1.16. The number of unbranched alkanes of at least 4 members (excludes halogenated alkanes) is 1. The number of carbonyl (C=O) groups is 2. The zero-order valence-corrected chi connectivity index (χ0v) is 12.6. The van der Waals surface area contributed by atoms with E-state index in [0.717, 1.165) is 12.8 Å². The molecule has 7 heteroatoms. The van der Waals surface area contributed by atoms with Crippen LogP contribution in [0.1, 0.15) is 40.0 Å². The fourth-order valence-corrected chi connectivity index (χ4v) is 1.23. The van der Waals surface area contributed by atoms with Gasteiger partial charge in [0.15, 0.2) is 6.61 Å². The Hall–Kier alpha value is -0.850. The predicted molar refractivity (Wildman–Crippen MR) is 74.9 cm³/mol. The van der Waals surface area contributed by atoms with Crippen LogP contribution in [-0.2, 0) is 19.1 Å². The molecule has 0 aromatic heterocycles. The molecule has 0 aromatic rings. The fourth-order valence-electron chi connectivity index (χ4n) is 1.23. The summed E-state index contributed by atoms with van der Waals surface area (Å²) in [6, 6.07) is -0.709. The molecular weight excluding hydrogens is 272 g/mol. The number of ether oxygens (including phenoxy) is 2. The molecule has 0 rings (SSSR count). The molecule has 0 saturated heterocycles. The molecular formula is C12H25ClN2O4. The molecule has 1 atom stereocenters. The Morgan fingerprint density at radius 2 is 1.79 bits per heavy atom. The molecule has 114 valence electrons. The minimum atomic E-state index is -0.709. The Kier molecular flexibility index (Phi) is 10.8. The summed E-state index contributed by atoms with van der Waals surface area (Å²) >= 11 is 0. The van der Waals surface area contributed by atoms with Gasteiger partial charge in [-0.2, -0.15) is 0 Å². The highest BCUT2D eigenvalue weighted by molar-refractivity contribution is 5.85. The Bertz CT molecular complexity index is 279. The summed E-state index contributed by atoms with van der Waals surface area (Å²) in [7, 11) is 0. The normalized spacial score (nSPS) is 12.3. The lowest BCUT2D eigenvalue weighted by Gasteiger charge is -2.19. The Balaban J connectivity index is 0. The van der Waals surface area contributed by atoms with Gasteiger partial charge < -0.3 is 20.9 Å². The van der Waals surface area contributed by atoms with Crippen LogP contribution in [0.5, 0.6) is 0 Å². The molecule has 0 saturated carbocycles. The smallest absolute Gasteiger partial charge is 0.344 e. The van der Waals surface area contributed by atoms with Crippen LogP contribution < -0.4 is 11.5 Å². The quantitative estimate of drug-likeness (QED) is 0.530. The maximum atomic E-state index is 11.4. The van der Waals surface area contributed by atoms with Crippen LogP contribution in [0, 0.1) is 0 Å². The van der Waals surface area contributed by atoms with E-state index < -0.39 is 30.2 Å². The van der Waals surface area contributed by atoms with E-state index >= 15 is 0 Å². The topological polar surface area (TPSA) is 105 Å². The lowest BCUT2D eigenvalue weighted by molar-refractivity contribution is -0.167. The average Bonchev–Trinajstić information content (AvgIpc) is 2.23. The van der Waals surface area contributed by atoms with Crippen LogP contribution in [0.2, 0.25) is 0 Å². The molecule has 0 aliphatic rings. The van der Waals surface area contributed by atoms with E-state index in [9.17, 15) is 9.59 Å². The number of halogens is 1. The summed E-state index contributed by atoms with van der Waals surface area (Å²) < 4.78 is 9.77. The van der Waals surface area contributed by atoms with Crippen LogP contribution in [0.25, 0.3) is 0 Å². The van der Waals surface area contributed by atoms with Crippen molar-refractivity contribution >= 4 is 24.3 Å². The van der Waals surface area contributed by atoms with E-state index in [2.05, 4.69) is 0 Å². The molecule has 0 aliphatic heterocycles. The van der Waals surface area contributed by atoms with Crippen LogP contribution >= 0.6 is 12.4 Å². The van der Waals surface area contributed by atoms with Gasteiger partial charge in [0.2, 0.25) is 0 Å². The Labute approximate surface area is 120 Å². The molecule has 19 heavy (non-hydrogen) atoms. The lowest BCUT2D eigenvalue weighted by Crippen LogP contribution is -2.35. The third kappa shape index (κ3) is 11.9. The maximum absolute atomic E-state index is 11.4. The second-order valence-electron chi connectivity index (χ2n) is 5.09. The fraction of sp³-hybridized carbons (Fsp3) is 0.833. The summed E-state index contributed by atoms with van der Waals surface area (Å²) in [5.41, 5.74) is 10.3. The molecule has 0 bridgehead atoms. The highest BCUT2D eigenvalue weighted by Crippen LogP contribution is 2.07. The van der Waals surface area contributed by atoms with Crippen molar-refractivity contribution < 1.29 is 19.1 Å². The molecule has 0 fully saturated rings. The van der Waals surface area contributed by atoms with Crippen molar-refractivity contribution in [1.29, 1.82) is 0 Å². The molecule has 0 amide bonds. The average molecular weight is 297 g/mol. The van der Waals surface area contributed by atoms with E-state index in [1.165, 1.54) is 0 Å². The van der Waals surface area contributed by atoms with Gasteiger partial charge in [0.1, 0.15) is 11.6 Å². The number of esters is 2. The molecule has 0 spiro atoms. The number of carbonyl (C=O) groups excluding carboxylic acids is 2. The zero-order valence-electron chi connectivity index (χ0n) is 11.8. The van der Waals surface area contributed by atoms with Crippen LogP contribution in [-0.4, -0.2) is 36.7 Å². The van der Waals surface area contributed by atoms with Gasteiger partial charge in [-0.3, -0.25) is 4.79 Å². The minimum Gasteiger partial charge on any atom is -0.457 e. The molecule has 6 nitrogen and oxygen atoms in total. The molecule has 0 radical (unpaired) electrons. The molecule has 0 heterocycles. The SMILES string of the molecule is CC(C)(C)OC(=O)COC(=O)[C@@H](N)CCCCN.Cl. The minimum absolute atomic E-state index is 0. The van der Waals surface area contributed by atoms with E-state index in [1.807, 2.05) is 0 Å². The van der Waals surface area contributed by atoms with Gasteiger partial charge in [0.05, 0.1) is 0 Å². The zero-order chi connectivity index (χ0) is 14.2. The largest absolute Gasteiger partial charge is 0.457 e. The van der Waals surface area contributed by atoms with Gasteiger partial charge in [-0.1, -0.05) is 6.42 Å². The summed E-state index contributed by atoms with van der Waals surface area (Å²) in [5, 5.41) is 0. The van der Waals surface area contributed by atoms with Crippen molar-refractivity contribution in [3.05, 3.63) is 0 Å². The Morgan fingerprint density at radius 1 is 1.21 bits per heavy atom. The first-order chi connectivity index (χ1) is 8.26. The number of hydrogen-bond donors (Lipinski definition) is 2. The first-order valence-electron chi connectivity index (χ1n) is 6.10. The van der Waals surface area contributed by atoms with E-state index in [-0.39, 0.29) is 12.4 Å². The first-order valence-corrected chi connectivity index (χ1v) is 6.10. The van der Waals surface area contributed by atoms with Gasteiger partial charge in [-0.05, 0) is 40.2 Å². The highest BCUT2D eigenvalue weighted by Gasteiger charge is 2.20. The summed E-state index contributed by atoms with van der Waals surface area (Å²) in [4.78, 5) is 22.7. The van der Waals surface area contributed by atoms with Crippen molar-refractivity contribution in [2.24, 2.45) is 11.5 Å². The van der Waals surface area contributed by atoms with Crippen LogP contribution in [0.3, 0.4) is 0 Å². The molecule has 0 unspecified atom stereocenters. The van der Waals surface area contributed by atoms with Gasteiger partial charge in [0.25, 0.3) is 0 Å². The second kappa shape index (κ2) is 10.00. The van der Waals surface area contributed by atoms with Crippen molar-refractivity contribution in [3.63, 3.8) is 0 Å². The van der Waals surface area contributed by atoms with Gasteiger partial charge in [-0.15, -0.1) is 12.4 Å². The lowest BCUT2D eigenvalue weighted by atomic mass is 10.1. The summed E-state index contributed by atoms with van der Waals surface area (Å²) in [6.45, 7) is 5.39. The van der Waals surface area contributed by atoms with Crippen molar-refractivity contribution in [2.45, 2.75) is 51.7 Å². The van der Waals surface area contributed by atoms with Crippen LogP contribution in [0.4, 0.5) is 0 Å². The maximum Gasteiger partial charge on any atom is 0.344 e. The standard InChI is InChI=1S/C12H24N2O4.ClH/c1-12(2,3)18-10(15)8-17-11(16)9(14)6-4-5-7-13;/h9H,4-8,13-14H2,1-3H3;1H/t9-;/m0./s1. The van der Waals surface area contributed by atoms with E-state index in [0.29, 0.717) is 13.0 Å². The van der Waals surface area contributed by atoms with Gasteiger partial charge in [0, 0.05) is 0 Å². The molecule has 4 N–H and O–H groups in total. The molecule has 0 aromatic carbocycles. The van der Waals surface area contributed by atoms with Gasteiger partial charge >= 0.3 is 11.9 Å². The van der Waals surface area contributed by atoms with Crippen molar-refractivity contribution in [2.75, 3.05) is 13.2 Å². The predicted octanol–water partition coefficient (Wildman–Crippen LogP) is 0.749. The number of rotatable bonds is 7. The molecule has 0 aliphatic carbocycles. The van der Waals surface area contributed by atoms with E-state index in [4.69, 9.17) is 20.9 Å². The monoisotopic (exact) mass is 296 g/mol. The van der Waals surface area contributed by atoms with Crippen LogP contribution in [0.15, 0.2) is 0 Å². The van der Waals surface area contributed by atoms with Crippen molar-refractivity contribution in [3.8, 4) is 0 Å². The first kappa shape index (κ1) is 20.5. The highest BCUT2D eigenvalue weighted by atomic mass is 35.5. The summed E-state index contributed by atoms with van der Waals surface area (Å²) in [6.07, 6.45) is 2.08. The number of hydrogen-bond acceptors (Lipinski definition) is 6. The third-order valence-electron chi connectivity index (χ3n) is 2.02. The van der Waals surface area contributed by atoms with Gasteiger partial charge in [-0.25, -0.2) is 4.79 Å². The van der Waals surface area contributed by atoms with Crippen molar-refractivity contribution in [1.82, 2.24) is 0 Å². The third-order valence-corrected chi connectivity index (χ3v) is 2.02.